The summed E-state index contributed by atoms with van der Waals surface area (Å²) in [6.07, 6.45) is 0.913. The molecule has 4 nitrogen and oxygen atoms in total. The van der Waals surface area contributed by atoms with E-state index in [2.05, 4.69) is 23.6 Å². The molecule has 1 amide bonds. The summed E-state index contributed by atoms with van der Waals surface area (Å²) >= 11 is 0. The third-order valence-electron chi connectivity index (χ3n) is 3.74. The van der Waals surface area contributed by atoms with Crippen molar-refractivity contribution in [1.29, 1.82) is 0 Å². The molecular weight excluding hydrogens is 288 g/mol. The zero-order chi connectivity index (χ0) is 16.9. The van der Waals surface area contributed by atoms with E-state index in [0.717, 1.165) is 12.1 Å². The normalized spacial score (nSPS) is 11.0. The average molecular weight is 312 g/mol. The summed E-state index contributed by atoms with van der Waals surface area (Å²) in [4.78, 5) is 12.6. The Hall–Kier alpha value is -2.49. The lowest BCUT2D eigenvalue weighted by Crippen LogP contribution is -2.44. The maximum absolute atomic E-state index is 12.6. The first-order valence-electron chi connectivity index (χ1n) is 7.78. The Morgan fingerprint density at radius 2 is 1.87 bits per heavy atom. The maximum Gasteiger partial charge on any atom is 0.249 e. The Labute approximate surface area is 137 Å². The summed E-state index contributed by atoms with van der Waals surface area (Å²) in [5, 5.41) is 6.28. The molecule has 2 aromatic rings. The van der Waals surface area contributed by atoms with E-state index in [1.54, 1.807) is 13.2 Å². The van der Waals surface area contributed by atoms with Gasteiger partial charge in [0.1, 0.15) is 11.3 Å². The van der Waals surface area contributed by atoms with Gasteiger partial charge in [0, 0.05) is 17.4 Å². The highest BCUT2D eigenvalue weighted by molar-refractivity contribution is 5.99. The number of amides is 1. The van der Waals surface area contributed by atoms with Crippen molar-refractivity contribution in [1.82, 2.24) is 0 Å². The van der Waals surface area contributed by atoms with Crippen molar-refractivity contribution in [3.05, 3.63) is 54.1 Å². The highest BCUT2D eigenvalue weighted by Crippen LogP contribution is 2.23. The van der Waals surface area contributed by atoms with Crippen molar-refractivity contribution >= 4 is 17.3 Å². The van der Waals surface area contributed by atoms with Gasteiger partial charge in [-0.3, -0.25) is 4.79 Å². The molecule has 0 fully saturated rings. The zero-order valence-electron chi connectivity index (χ0n) is 14.1. The SMILES string of the molecule is CCc1ccccc1NC(C)(C)C(=O)Nc1cccc(OC)c1. The van der Waals surface area contributed by atoms with E-state index in [4.69, 9.17) is 4.74 Å². The molecule has 4 heteroatoms. The van der Waals surface area contributed by atoms with Crippen molar-refractivity contribution in [3.8, 4) is 5.75 Å². The average Bonchev–Trinajstić information content (AvgIpc) is 2.55. The molecule has 2 aromatic carbocycles. The Morgan fingerprint density at radius 3 is 2.57 bits per heavy atom. The molecular formula is C19H24N2O2. The number of methoxy groups -OCH3 is 1. The van der Waals surface area contributed by atoms with Gasteiger partial charge in [0.05, 0.1) is 7.11 Å². The predicted octanol–water partition coefficient (Wildman–Crippen LogP) is 4.09. The van der Waals surface area contributed by atoms with E-state index in [1.165, 1.54) is 5.56 Å². The number of carbonyl (C=O) groups excluding carboxylic acids is 1. The van der Waals surface area contributed by atoms with Crippen LogP contribution in [0, 0.1) is 0 Å². The summed E-state index contributed by atoms with van der Waals surface area (Å²) in [6.45, 7) is 5.84. The number of nitrogens with one attached hydrogen (secondary N) is 2. The van der Waals surface area contributed by atoms with E-state index in [-0.39, 0.29) is 5.91 Å². The number of para-hydroxylation sites is 1. The Kier molecular flexibility index (Phi) is 5.27. The fourth-order valence-corrected chi connectivity index (χ4v) is 2.33. The first-order valence-corrected chi connectivity index (χ1v) is 7.78. The number of benzene rings is 2. The molecule has 0 saturated carbocycles. The fraction of sp³-hybridized carbons (Fsp3) is 0.316. The van der Waals surface area contributed by atoms with Crippen LogP contribution >= 0.6 is 0 Å². The number of ether oxygens (including phenoxy) is 1. The largest absolute Gasteiger partial charge is 0.497 e. The zero-order valence-corrected chi connectivity index (χ0v) is 14.1. The lowest BCUT2D eigenvalue weighted by molar-refractivity contribution is -0.119. The van der Waals surface area contributed by atoms with Gasteiger partial charge in [-0.15, -0.1) is 0 Å². The minimum Gasteiger partial charge on any atom is -0.497 e. The summed E-state index contributed by atoms with van der Waals surface area (Å²) in [5.74, 6) is 0.613. The van der Waals surface area contributed by atoms with Gasteiger partial charge in [0.15, 0.2) is 0 Å². The lowest BCUT2D eigenvalue weighted by Gasteiger charge is -2.27. The molecule has 0 aliphatic heterocycles. The third-order valence-corrected chi connectivity index (χ3v) is 3.74. The quantitative estimate of drug-likeness (QED) is 0.845. The van der Waals surface area contributed by atoms with Gasteiger partial charge in [0.2, 0.25) is 5.91 Å². The number of carbonyl (C=O) groups is 1. The van der Waals surface area contributed by atoms with Crippen LogP contribution in [0.1, 0.15) is 26.3 Å². The molecule has 2 rings (SSSR count). The second kappa shape index (κ2) is 7.18. The Bertz CT molecular complexity index is 681. The molecule has 0 unspecified atom stereocenters. The van der Waals surface area contributed by atoms with Crippen LogP contribution < -0.4 is 15.4 Å². The van der Waals surface area contributed by atoms with Crippen molar-refractivity contribution in [2.24, 2.45) is 0 Å². The van der Waals surface area contributed by atoms with Gasteiger partial charge < -0.3 is 15.4 Å². The minimum absolute atomic E-state index is 0.100. The van der Waals surface area contributed by atoms with Crippen LogP contribution in [0.3, 0.4) is 0 Å². The molecule has 0 radical (unpaired) electrons. The minimum atomic E-state index is -0.742. The van der Waals surface area contributed by atoms with Gasteiger partial charge in [-0.25, -0.2) is 0 Å². The van der Waals surface area contributed by atoms with E-state index >= 15 is 0 Å². The van der Waals surface area contributed by atoms with Crippen molar-refractivity contribution < 1.29 is 9.53 Å². The van der Waals surface area contributed by atoms with Crippen molar-refractivity contribution in [2.45, 2.75) is 32.7 Å². The lowest BCUT2D eigenvalue weighted by atomic mass is 10.0. The van der Waals surface area contributed by atoms with Crippen molar-refractivity contribution in [2.75, 3.05) is 17.7 Å². The monoisotopic (exact) mass is 312 g/mol. The van der Waals surface area contributed by atoms with Crippen LogP contribution in [0.15, 0.2) is 48.5 Å². The highest BCUT2D eigenvalue weighted by Gasteiger charge is 2.28. The van der Waals surface area contributed by atoms with Gasteiger partial charge in [-0.1, -0.05) is 31.2 Å². The van der Waals surface area contributed by atoms with Gasteiger partial charge in [-0.2, -0.15) is 0 Å². The molecule has 2 N–H and O–H groups in total. The van der Waals surface area contributed by atoms with Crippen LogP contribution in [0.2, 0.25) is 0 Å². The van der Waals surface area contributed by atoms with Crippen LogP contribution in [-0.4, -0.2) is 18.6 Å². The first kappa shape index (κ1) is 16.9. The summed E-state index contributed by atoms with van der Waals surface area (Å²) in [6, 6.07) is 15.4. The van der Waals surface area contributed by atoms with E-state index in [1.807, 2.05) is 50.2 Å². The molecule has 0 saturated heterocycles. The number of hydrogen-bond acceptors (Lipinski definition) is 3. The molecule has 0 spiro atoms. The fourth-order valence-electron chi connectivity index (χ4n) is 2.33. The van der Waals surface area contributed by atoms with Gasteiger partial charge >= 0.3 is 0 Å². The Morgan fingerprint density at radius 1 is 1.13 bits per heavy atom. The van der Waals surface area contributed by atoms with Gasteiger partial charge in [0.25, 0.3) is 0 Å². The van der Waals surface area contributed by atoms with Gasteiger partial charge in [-0.05, 0) is 44.0 Å². The van der Waals surface area contributed by atoms with Crippen molar-refractivity contribution in [3.63, 3.8) is 0 Å². The molecule has 122 valence electrons. The molecule has 0 aliphatic carbocycles. The number of rotatable bonds is 6. The van der Waals surface area contributed by atoms with Crippen LogP contribution in [0.5, 0.6) is 5.75 Å². The van der Waals surface area contributed by atoms with Crippen LogP contribution in [0.4, 0.5) is 11.4 Å². The second-order valence-corrected chi connectivity index (χ2v) is 5.95. The highest BCUT2D eigenvalue weighted by atomic mass is 16.5. The molecule has 0 atom stereocenters. The number of aryl methyl sites for hydroxylation is 1. The van der Waals surface area contributed by atoms with E-state index in [0.29, 0.717) is 11.4 Å². The molecule has 0 bridgehead atoms. The van der Waals surface area contributed by atoms with Crippen LogP contribution in [-0.2, 0) is 11.2 Å². The summed E-state index contributed by atoms with van der Waals surface area (Å²) in [7, 11) is 1.61. The summed E-state index contributed by atoms with van der Waals surface area (Å²) in [5.41, 5.74) is 2.15. The second-order valence-electron chi connectivity index (χ2n) is 5.95. The molecule has 23 heavy (non-hydrogen) atoms. The topological polar surface area (TPSA) is 50.4 Å². The molecule has 0 aliphatic rings. The number of hydrogen-bond donors (Lipinski definition) is 2. The van der Waals surface area contributed by atoms with E-state index < -0.39 is 5.54 Å². The smallest absolute Gasteiger partial charge is 0.249 e. The first-order chi connectivity index (χ1) is 11.0. The van der Waals surface area contributed by atoms with E-state index in [9.17, 15) is 4.79 Å². The molecule has 0 aromatic heterocycles. The standard InChI is InChI=1S/C19H24N2O2/c1-5-14-9-6-7-12-17(14)21-19(2,3)18(22)20-15-10-8-11-16(13-15)23-4/h6-13,21H,5H2,1-4H3,(H,20,22). The Balaban J connectivity index is 2.13. The van der Waals surface area contributed by atoms with Crippen LogP contribution in [0.25, 0.3) is 0 Å². The summed E-state index contributed by atoms with van der Waals surface area (Å²) < 4.78 is 5.18. The number of anilines is 2. The maximum atomic E-state index is 12.6. The third kappa shape index (κ3) is 4.25. The molecule has 0 heterocycles. The predicted molar refractivity (Wildman–Crippen MR) is 95.1 cm³/mol.